The molecular weight excluding hydrogens is 234 g/mol. The van der Waals surface area contributed by atoms with Gasteiger partial charge in [-0.05, 0) is 48.9 Å². The lowest BCUT2D eigenvalue weighted by atomic mass is 9.88. The summed E-state index contributed by atoms with van der Waals surface area (Å²) in [5.74, 6) is 0.235. The van der Waals surface area contributed by atoms with Gasteiger partial charge < -0.3 is 5.11 Å². The van der Waals surface area contributed by atoms with E-state index in [0.717, 1.165) is 25.0 Å². The molecule has 2 nitrogen and oxygen atoms in total. The van der Waals surface area contributed by atoms with E-state index in [4.69, 9.17) is 0 Å². The Morgan fingerprint density at radius 2 is 2.05 bits per heavy atom. The third-order valence-corrected chi connectivity index (χ3v) is 4.01. The van der Waals surface area contributed by atoms with E-state index in [9.17, 15) is 5.11 Å². The number of hydrogen-bond acceptors (Lipinski definition) is 2. The maximum absolute atomic E-state index is 9.39. The van der Waals surface area contributed by atoms with Gasteiger partial charge in [0.05, 0.1) is 5.69 Å². The zero-order valence-electron chi connectivity index (χ0n) is 11.3. The number of rotatable bonds is 2. The average Bonchev–Trinajstić information content (AvgIpc) is 2.57. The number of aliphatic hydroxyl groups excluding tert-OH is 1. The third kappa shape index (κ3) is 2.28. The van der Waals surface area contributed by atoms with E-state index in [1.165, 1.54) is 22.3 Å². The standard InChI is InChI=1S/C17H19NO/c1-12-4-7-15-14(11-12)6-5-13-3-2-9-18-17(13)16(15)8-10-19/h2-4,7,9,11,16,19H,5-6,8,10H2,1H3. The Labute approximate surface area is 114 Å². The second-order valence-corrected chi connectivity index (χ2v) is 5.31. The van der Waals surface area contributed by atoms with Crippen molar-refractivity contribution in [2.24, 2.45) is 0 Å². The molecule has 3 rings (SSSR count). The molecule has 0 aliphatic heterocycles. The van der Waals surface area contributed by atoms with Crippen molar-refractivity contribution >= 4 is 0 Å². The van der Waals surface area contributed by atoms with Crippen molar-refractivity contribution in [3.63, 3.8) is 0 Å². The molecule has 0 saturated heterocycles. The minimum absolute atomic E-state index is 0.202. The van der Waals surface area contributed by atoms with Gasteiger partial charge in [-0.15, -0.1) is 0 Å². The van der Waals surface area contributed by atoms with Gasteiger partial charge in [0, 0.05) is 18.7 Å². The van der Waals surface area contributed by atoms with E-state index in [1.54, 1.807) is 0 Å². The summed E-state index contributed by atoms with van der Waals surface area (Å²) in [6, 6.07) is 10.8. The fourth-order valence-electron chi connectivity index (χ4n) is 3.10. The summed E-state index contributed by atoms with van der Waals surface area (Å²) >= 11 is 0. The van der Waals surface area contributed by atoms with Crippen molar-refractivity contribution in [1.29, 1.82) is 0 Å². The average molecular weight is 253 g/mol. The van der Waals surface area contributed by atoms with Gasteiger partial charge in [-0.2, -0.15) is 0 Å². The van der Waals surface area contributed by atoms with Crippen molar-refractivity contribution in [3.8, 4) is 0 Å². The number of aliphatic hydroxyl groups is 1. The predicted octanol–water partition coefficient (Wildman–Crippen LogP) is 3.00. The van der Waals surface area contributed by atoms with Crippen LogP contribution in [0.25, 0.3) is 0 Å². The minimum atomic E-state index is 0.202. The monoisotopic (exact) mass is 253 g/mol. The topological polar surface area (TPSA) is 33.1 Å². The molecule has 1 aliphatic rings. The summed E-state index contributed by atoms with van der Waals surface area (Å²) in [5, 5.41) is 9.39. The molecule has 1 N–H and O–H groups in total. The molecule has 0 bridgehead atoms. The number of benzene rings is 1. The van der Waals surface area contributed by atoms with Crippen LogP contribution in [0.2, 0.25) is 0 Å². The second kappa shape index (κ2) is 5.14. The molecule has 1 atom stereocenters. The molecule has 0 amide bonds. The summed E-state index contributed by atoms with van der Waals surface area (Å²) in [7, 11) is 0. The summed E-state index contributed by atoms with van der Waals surface area (Å²) < 4.78 is 0. The molecule has 0 saturated carbocycles. The van der Waals surface area contributed by atoms with Gasteiger partial charge in [0.25, 0.3) is 0 Å². The van der Waals surface area contributed by atoms with Gasteiger partial charge in [0.2, 0.25) is 0 Å². The van der Waals surface area contributed by atoms with Crippen LogP contribution in [0.5, 0.6) is 0 Å². The van der Waals surface area contributed by atoms with Gasteiger partial charge in [-0.25, -0.2) is 0 Å². The first-order chi connectivity index (χ1) is 9.29. The molecule has 1 aromatic heterocycles. The Bertz CT molecular complexity index is 592. The molecule has 1 aromatic carbocycles. The van der Waals surface area contributed by atoms with E-state index in [1.807, 2.05) is 12.3 Å². The highest BCUT2D eigenvalue weighted by molar-refractivity contribution is 5.43. The van der Waals surface area contributed by atoms with Crippen LogP contribution in [0.3, 0.4) is 0 Å². The highest BCUT2D eigenvalue weighted by Gasteiger charge is 2.24. The van der Waals surface area contributed by atoms with Crippen LogP contribution < -0.4 is 0 Å². The van der Waals surface area contributed by atoms with Crippen LogP contribution in [0.15, 0.2) is 36.5 Å². The quantitative estimate of drug-likeness (QED) is 0.892. The van der Waals surface area contributed by atoms with E-state index < -0.39 is 0 Å². The molecule has 0 radical (unpaired) electrons. The smallest absolute Gasteiger partial charge is 0.0511 e. The van der Waals surface area contributed by atoms with Crippen LogP contribution in [-0.2, 0) is 12.8 Å². The Morgan fingerprint density at radius 1 is 1.21 bits per heavy atom. The molecule has 0 fully saturated rings. The molecule has 98 valence electrons. The Kier molecular flexibility index (Phi) is 3.34. The van der Waals surface area contributed by atoms with Crippen LogP contribution in [0, 0.1) is 6.92 Å². The minimum Gasteiger partial charge on any atom is -0.396 e. The number of pyridine rings is 1. The Hall–Kier alpha value is -1.67. The molecule has 1 aliphatic carbocycles. The number of fused-ring (bicyclic) bond motifs is 2. The number of nitrogens with zero attached hydrogens (tertiary/aromatic N) is 1. The van der Waals surface area contributed by atoms with Crippen LogP contribution in [-0.4, -0.2) is 16.7 Å². The summed E-state index contributed by atoms with van der Waals surface area (Å²) in [6.07, 6.45) is 4.72. The highest BCUT2D eigenvalue weighted by atomic mass is 16.3. The molecule has 1 unspecified atom stereocenters. The maximum atomic E-state index is 9.39. The molecule has 1 heterocycles. The Balaban J connectivity index is 2.15. The van der Waals surface area contributed by atoms with E-state index in [-0.39, 0.29) is 12.5 Å². The van der Waals surface area contributed by atoms with Crippen molar-refractivity contribution in [2.45, 2.75) is 32.1 Å². The van der Waals surface area contributed by atoms with Crippen molar-refractivity contribution in [1.82, 2.24) is 4.98 Å². The molecule has 0 spiro atoms. The fourth-order valence-corrected chi connectivity index (χ4v) is 3.10. The lowest BCUT2D eigenvalue weighted by Crippen LogP contribution is -2.08. The van der Waals surface area contributed by atoms with E-state index in [2.05, 4.69) is 36.2 Å². The van der Waals surface area contributed by atoms with Gasteiger partial charge in [0.15, 0.2) is 0 Å². The number of aromatic nitrogens is 1. The maximum Gasteiger partial charge on any atom is 0.0511 e. The molecular formula is C17H19NO. The zero-order valence-corrected chi connectivity index (χ0v) is 11.3. The number of aryl methyl sites for hydroxylation is 3. The zero-order chi connectivity index (χ0) is 13.2. The first-order valence-electron chi connectivity index (χ1n) is 6.93. The second-order valence-electron chi connectivity index (χ2n) is 5.31. The van der Waals surface area contributed by atoms with Crippen LogP contribution in [0.1, 0.15) is 40.3 Å². The third-order valence-electron chi connectivity index (χ3n) is 4.01. The van der Waals surface area contributed by atoms with Gasteiger partial charge in [-0.1, -0.05) is 29.8 Å². The fraction of sp³-hybridized carbons (Fsp3) is 0.353. The van der Waals surface area contributed by atoms with Crippen LogP contribution >= 0.6 is 0 Å². The van der Waals surface area contributed by atoms with E-state index >= 15 is 0 Å². The van der Waals surface area contributed by atoms with Gasteiger partial charge >= 0.3 is 0 Å². The lowest BCUT2D eigenvalue weighted by Gasteiger charge is -2.18. The van der Waals surface area contributed by atoms with Gasteiger partial charge in [-0.3, -0.25) is 4.98 Å². The van der Waals surface area contributed by atoms with Crippen molar-refractivity contribution in [2.75, 3.05) is 6.61 Å². The summed E-state index contributed by atoms with van der Waals surface area (Å²) in [6.45, 7) is 2.34. The SMILES string of the molecule is Cc1ccc2c(c1)CCc1cccnc1C2CCO. The first kappa shape index (κ1) is 12.4. The molecule has 2 aromatic rings. The van der Waals surface area contributed by atoms with Crippen LogP contribution in [0.4, 0.5) is 0 Å². The normalized spacial score (nSPS) is 17.5. The largest absolute Gasteiger partial charge is 0.396 e. The Morgan fingerprint density at radius 3 is 2.89 bits per heavy atom. The van der Waals surface area contributed by atoms with E-state index in [0.29, 0.717) is 0 Å². The summed E-state index contributed by atoms with van der Waals surface area (Å²) in [4.78, 5) is 4.59. The summed E-state index contributed by atoms with van der Waals surface area (Å²) in [5.41, 5.74) is 6.54. The lowest BCUT2D eigenvalue weighted by molar-refractivity contribution is 0.281. The van der Waals surface area contributed by atoms with Crippen molar-refractivity contribution in [3.05, 3.63) is 64.5 Å². The number of hydrogen-bond donors (Lipinski definition) is 1. The first-order valence-corrected chi connectivity index (χ1v) is 6.93. The molecule has 19 heavy (non-hydrogen) atoms. The molecule has 2 heteroatoms. The predicted molar refractivity (Wildman–Crippen MR) is 76.4 cm³/mol. The highest BCUT2D eigenvalue weighted by Crippen LogP contribution is 2.35. The van der Waals surface area contributed by atoms with Gasteiger partial charge in [0.1, 0.15) is 0 Å². The van der Waals surface area contributed by atoms with Crippen molar-refractivity contribution < 1.29 is 5.11 Å².